The number of halogens is 2. The molecule has 0 spiro atoms. The van der Waals surface area contributed by atoms with Crippen LogP contribution in [0.15, 0.2) is 64.3 Å². The summed E-state index contributed by atoms with van der Waals surface area (Å²) in [6.07, 6.45) is 3.03. The molecule has 0 radical (unpaired) electrons. The molecule has 1 aromatic heterocycles. The van der Waals surface area contributed by atoms with E-state index in [1.165, 1.54) is 18.0 Å². The van der Waals surface area contributed by atoms with E-state index in [2.05, 4.69) is 37.5 Å². The molecule has 1 N–H and O–H groups in total. The molecule has 0 fully saturated rings. The normalized spacial score (nSPS) is 10.8. The highest BCUT2D eigenvalue weighted by molar-refractivity contribution is 9.10. The van der Waals surface area contributed by atoms with Crippen molar-refractivity contribution in [3.05, 3.63) is 86.6 Å². The Bertz CT molecular complexity index is 1110. The fourth-order valence-corrected chi connectivity index (χ4v) is 3.58. The van der Waals surface area contributed by atoms with E-state index in [9.17, 15) is 4.79 Å². The summed E-state index contributed by atoms with van der Waals surface area (Å²) in [7, 11) is 0. The van der Waals surface area contributed by atoms with E-state index in [1.807, 2.05) is 38.1 Å². The quantitative estimate of drug-likeness (QED) is 0.249. The molecule has 0 aliphatic rings. The molecule has 0 aliphatic heterocycles. The Morgan fingerprint density at radius 3 is 2.81 bits per heavy atom. The molecule has 160 valence electrons. The number of amides is 1. The molecule has 0 aliphatic carbocycles. The summed E-state index contributed by atoms with van der Waals surface area (Å²) in [6.45, 7) is 4.83. The lowest BCUT2D eigenvalue weighted by Gasteiger charge is -2.15. The van der Waals surface area contributed by atoms with Gasteiger partial charge < -0.3 is 9.47 Å². The van der Waals surface area contributed by atoms with Gasteiger partial charge in [0.2, 0.25) is 0 Å². The molecular weight excluding hydrogens is 482 g/mol. The van der Waals surface area contributed by atoms with Crippen molar-refractivity contribution in [1.29, 1.82) is 0 Å². The van der Waals surface area contributed by atoms with Crippen LogP contribution in [0.5, 0.6) is 11.5 Å². The van der Waals surface area contributed by atoms with Crippen molar-refractivity contribution in [2.24, 2.45) is 5.10 Å². The third-order valence-electron chi connectivity index (χ3n) is 4.18. The minimum atomic E-state index is -0.448. The topological polar surface area (TPSA) is 72.8 Å². The number of ether oxygens (including phenoxy) is 2. The predicted octanol–water partition coefficient (Wildman–Crippen LogP) is 5.55. The number of hydrogen-bond acceptors (Lipinski definition) is 5. The number of hydrogen-bond donors (Lipinski definition) is 1. The third-order valence-corrected chi connectivity index (χ3v) is 5.07. The minimum Gasteiger partial charge on any atom is -0.490 e. The Morgan fingerprint density at radius 2 is 2.06 bits per heavy atom. The van der Waals surface area contributed by atoms with Gasteiger partial charge in [-0.1, -0.05) is 41.4 Å². The third kappa shape index (κ3) is 6.29. The molecule has 0 saturated heterocycles. The number of aromatic nitrogens is 1. The van der Waals surface area contributed by atoms with Crippen LogP contribution in [0.1, 0.15) is 34.0 Å². The largest absolute Gasteiger partial charge is 0.490 e. The maximum absolute atomic E-state index is 12.2. The van der Waals surface area contributed by atoms with Crippen LogP contribution in [0, 0.1) is 6.92 Å². The lowest BCUT2D eigenvalue weighted by Crippen LogP contribution is -2.18. The van der Waals surface area contributed by atoms with E-state index in [-0.39, 0.29) is 10.7 Å². The zero-order valence-corrected chi connectivity index (χ0v) is 19.4. The van der Waals surface area contributed by atoms with Crippen LogP contribution in [0.4, 0.5) is 0 Å². The smallest absolute Gasteiger partial charge is 0.274 e. The molecule has 0 atom stereocenters. The number of carbonyl (C=O) groups excluding carboxylic acids is 1. The summed E-state index contributed by atoms with van der Waals surface area (Å²) in [5.74, 6) is 0.732. The molecule has 8 heteroatoms. The number of benzene rings is 2. The first-order valence-electron chi connectivity index (χ1n) is 9.56. The zero-order chi connectivity index (χ0) is 22.2. The van der Waals surface area contributed by atoms with Gasteiger partial charge in [0.1, 0.15) is 11.8 Å². The fraction of sp³-hybridized carbons (Fsp3) is 0.174. The van der Waals surface area contributed by atoms with Crippen LogP contribution in [-0.2, 0) is 6.61 Å². The molecule has 0 saturated carbocycles. The maximum Gasteiger partial charge on any atom is 0.274 e. The van der Waals surface area contributed by atoms with Crippen molar-refractivity contribution in [3.8, 4) is 11.5 Å². The molecular formula is C23H21BrClN3O3. The fourth-order valence-electron chi connectivity index (χ4n) is 2.80. The Hall–Kier alpha value is -2.90. The molecule has 0 bridgehead atoms. The van der Waals surface area contributed by atoms with Crippen LogP contribution in [-0.4, -0.2) is 23.7 Å². The molecule has 1 heterocycles. The van der Waals surface area contributed by atoms with E-state index in [4.69, 9.17) is 21.1 Å². The number of nitrogens with zero attached hydrogens (tertiary/aromatic N) is 2. The molecule has 0 unspecified atom stereocenters. The molecule has 31 heavy (non-hydrogen) atoms. The van der Waals surface area contributed by atoms with Crippen molar-refractivity contribution < 1.29 is 14.3 Å². The Kier molecular flexibility index (Phi) is 8.03. The standard InChI is InChI=1S/C23H21BrClN3O3/c1-3-30-20-12-17(13-27-28-23(29)18-8-5-9-26-22(18)25)11-19(24)21(20)31-14-16-7-4-6-15(2)10-16/h4-13H,3,14H2,1-2H3,(H,28,29). The van der Waals surface area contributed by atoms with Gasteiger partial charge in [-0.05, 0) is 65.2 Å². The number of nitrogens with one attached hydrogen (secondary N) is 1. The number of carbonyl (C=O) groups is 1. The van der Waals surface area contributed by atoms with Crippen molar-refractivity contribution in [3.63, 3.8) is 0 Å². The van der Waals surface area contributed by atoms with E-state index in [0.29, 0.717) is 29.2 Å². The second-order valence-corrected chi connectivity index (χ2v) is 7.79. The lowest BCUT2D eigenvalue weighted by atomic mass is 10.1. The minimum absolute atomic E-state index is 0.117. The number of pyridine rings is 1. The van der Waals surface area contributed by atoms with Gasteiger partial charge in [0.25, 0.3) is 5.91 Å². The SMILES string of the molecule is CCOc1cc(C=NNC(=O)c2cccnc2Cl)cc(Br)c1OCc1cccc(C)c1. The summed E-state index contributed by atoms with van der Waals surface area (Å²) in [4.78, 5) is 16.1. The second-order valence-electron chi connectivity index (χ2n) is 6.58. The van der Waals surface area contributed by atoms with Gasteiger partial charge in [-0.3, -0.25) is 4.79 Å². The number of hydrazone groups is 1. The van der Waals surface area contributed by atoms with Crippen molar-refractivity contribution >= 4 is 39.7 Å². The molecule has 1 amide bonds. The lowest BCUT2D eigenvalue weighted by molar-refractivity contribution is 0.0955. The van der Waals surface area contributed by atoms with Gasteiger partial charge in [0.15, 0.2) is 11.5 Å². The van der Waals surface area contributed by atoms with Gasteiger partial charge in [-0.2, -0.15) is 5.10 Å². The predicted molar refractivity (Wildman–Crippen MR) is 125 cm³/mol. The van der Waals surface area contributed by atoms with Gasteiger partial charge in [-0.25, -0.2) is 10.4 Å². The average Bonchev–Trinajstić information content (AvgIpc) is 2.73. The Labute approximate surface area is 194 Å². The van der Waals surface area contributed by atoms with Gasteiger partial charge >= 0.3 is 0 Å². The van der Waals surface area contributed by atoms with Crippen molar-refractivity contribution in [1.82, 2.24) is 10.4 Å². The first-order valence-corrected chi connectivity index (χ1v) is 10.7. The number of aryl methyl sites for hydroxylation is 1. The Balaban J connectivity index is 1.73. The van der Waals surface area contributed by atoms with Crippen LogP contribution >= 0.6 is 27.5 Å². The summed E-state index contributed by atoms with van der Waals surface area (Å²) in [5, 5.41) is 4.12. The highest BCUT2D eigenvalue weighted by Crippen LogP contribution is 2.37. The van der Waals surface area contributed by atoms with E-state index in [1.54, 1.807) is 18.2 Å². The van der Waals surface area contributed by atoms with Gasteiger partial charge in [0.05, 0.1) is 22.9 Å². The van der Waals surface area contributed by atoms with Gasteiger partial charge in [0, 0.05) is 6.20 Å². The summed E-state index contributed by atoms with van der Waals surface area (Å²) in [5.41, 5.74) is 5.65. The number of rotatable bonds is 8. The molecule has 6 nitrogen and oxygen atoms in total. The van der Waals surface area contributed by atoms with E-state index >= 15 is 0 Å². The zero-order valence-electron chi connectivity index (χ0n) is 17.1. The Morgan fingerprint density at radius 1 is 1.23 bits per heavy atom. The highest BCUT2D eigenvalue weighted by atomic mass is 79.9. The monoisotopic (exact) mass is 501 g/mol. The first kappa shape index (κ1) is 22.8. The maximum atomic E-state index is 12.2. The summed E-state index contributed by atoms with van der Waals surface area (Å²) < 4.78 is 12.5. The first-order chi connectivity index (χ1) is 15.0. The van der Waals surface area contributed by atoms with Crippen molar-refractivity contribution in [2.75, 3.05) is 6.61 Å². The van der Waals surface area contributed by atoms with Crippen LogP contribution in [0.25, 0.3) is 0 Å². The van der Waals surface area contributed by atoms with E-state index in [0.717, 1.165) is 11.1 Å². The van der Waals surface area contributed by atoms with Crippen molar-refractivity contribution in [2.45, 2.75) is 20.5 Å². The molecule has 3 rings (SSSR count). The second kappa shape index (κ2) is 10.9. The van der Waals surface area contributed by atoms with Crippen LogP contribution in [0.3, 0.4) is 0 Å². The van der Waals surface area contributed by atoms with Crippen LogP contribution in [0.2, 0.25) is 5.15 Å². The summed E-state index contributed by atoms with van der Waals surface area (Å²) in [6, 6.07) is 15.0. The van der Waals surface area contributed by atoms with E-state index < -0.39 is 5.91 Å². The van der Waals surface area contributed by atoms with Gasteiger partial charge in [-0.15, -0.1) is 0 Å². The molecule has 2 aromatic carbocycles. The van der Waals surface area contributed by atoms with Crippen LogP contribution < -0.4 is 14.9 Å². The summed E-state index contributed by atoms with van der Waals surface area (Å²) >= 11 is 9.47. The average molecular weight is 503 g/mol. The highest BCUT2D eigenvalue weighted by Gasteiger charge is 2.13. The molecule has 3 aromatic rings.